The number of carboxylic acid groups (broad SMARTS) is 1. The summed E-state index contributed by atoms with van der Waals surface area (Å²) in [6, 6.07) is 13.4. The number of ether oxygens (including phenoxy) is 2. The van der Waals surface area contributed by atoms with Gasteiger partial charge in [-0.1, -0.05) is 24.3 Å². The van der Waals surface area contributed by atoms with Crippen LogP contribution in [0.25, 0.3) is 0 Å². The molecule has 0 aliphatic carbocycles. The molecular weight excluding hydrogens is 412 g/mol. The molecule has 1 unspecified atom stereocenters. The number of esters is 1. The number of aliphatic carboxylic acids is 1. The lowest BCUT2D eigenvalue weighted by Gasteiger charge is -2.32. The molecule has 0 aromatic heterocycles. The largest absolute Gasteiger partial charge is 0.481 e. The van der Waals surface area contributed by atoms with Gasteiger partial charge in [0.15, 0.2) is 0 Å². The Hall–Kier alpha value is -3.39. The standard InChI is InChI=1S/C24H30N2O6/c1-23(2,3)32-22(30)24(25,21(29)26(4)5)17-9-13-19(14-10-17)31-18-11-6-16(7-12-18)8-15-20(27)28/h6-7,9-14H,8,15,25H2,1-5H3,(H,27,28). The summed E-state index contributed by atoms with van der Waals surface area (Å²) >= 11 is 0. The van der Waals surface area contributed by atoms with Crippen LogP contribution in [-0.2, 0) is 31.1 Å². The highest BCUT2D eigenvalue weighted by atomic mass is 16.6. The Kier molecular flexibility index (Phi) is 7.64. The van der Waals surface area contributed by atoms with Gasteiger partial charge in [-0.25, -0.2) is 4.79 Å². The maximum atomic E-state index is 12.9. The van der Waals surface area contributed by atoms with Gasteiger partial charge in [0.1, 0.15) is 17.1 Å². The number of hydrogen-bond donors (Lipinski definition) is 2. The molecular formula is C24H30N2O6. The third-order valence-electron chi connectivity index (χ3n) is 4.56. The van der Waals surface area contributed by atoms with Crippen LogP contribution >= 0.6 is 0 Å². The minimum Gasteiger partial charge on any atom is -0.481 e. The monoisotopic (exact) mass is 442 g/mol. The smallest absolute Gasteiger partial charge is 0.341 e. The number of carbonyl (C=O) groups excluding carboxylic acids is 2. The SMILES string of the molecule is CN(C)C(=O)C(N)(C(=O)OC(C)(C)C)c1ccc(Oc2ccc(CCC(=O)O)cc2)cc1. The van der Waals surface area contributed by atoms with Gasteiger partial charge in [-0.2, -0.15) is 0 Å². The highest BCUT2D eigenvalue weighted by Crippen LogP contribution is 2.29. The lowest BCUT2D eigenvalue weighted by atomic mass is 9.89. The number of hydrogen-bond acceptors (Lipinski definition) is 6. The van der Waals surface area contributed by atoms with Crippen molar-refractivity contribution in [3.05, 3.63) is 59.7 Å². The summed E-state index contributed by atoms with van der Waals surface area (Å²) in [5.41, 5.74) is 4.70. The Bertz CT molecular complexity index is 961. The van der Waals surface area contributed by atoms with Crippen molar-refractivity contribution >= 4 is 17.8 Å². The fourth-order valence-electron chi connectivity index (χ4n) is 2.94. The minimum absolute atomic E-state index is 0.0613. The average molecular weight is 443 g/mol. The van der Waals surface area contributed by atoms with E-state index in [1.54, 1.807) is 69.3 Å². The van der Waals surface area contributed by atoms with Crippen LogP contribution in [0.4, 0.5) is 0 Å². The summed E-state index contributed by atoms with van der Waals surface area (Å²) in [6.07, 6.45) is 0.499. The molecule has 0 heterocycles. The van der Waals surface area contributed by atoms with Gasteiger partial charge in [0.05, 0.1) is 0 Å². The molecule has 1 amide bonds. The predicted octanol–water partition coefficient (Wildman–Crippen LogP) is 3.08. The number of benzene rings is 2. The van der Waals surface area contributed by atoms with E-state index >= 15 is 0 Å². The van der Waals surface area contributed by atoms with E-state index in [0.29, 0.717) is 17.9 Å². The van der Waals surface area contributed by atoms with Crippen molar-refractivity contribution in [3.63, 3.8) is 0 Å². The first-order chi connectivity index (χ1) is 14.8. The highest BCUT2D eigenvalue weighted by Gasteiger charge is 2.47. The maximum Gasteiger partial charge on any atom is 0.341 e. The Labute approximate surface area is 187 Å². The van der Waals surface area contributed by atoms with Crippen LogP contribution in [0.5, 0.6) is 11.5 Å². The third kappa shape index (κ3) is 6.31. The number of amides is 1. The third-order valence-corrected chi connectivity index (χ3v) is 4.56. The van der Waals surface area contributed by atoms with E-state index in [-0.39, 0.29) is 12.0 Å². The van der Waals surface area contributed by atoms with Gasteiger partial charge in [-0.3, -0.25) is 9.59 Å². The second-order valence-corrected chi connectivity index (χ2v) is 8.67. The summed E-state index contributed by atoms with van der Waals surface area (Å²) in [6.45, 7) is 5.11. The highest BCUT2D eigenvalue weighted by molar-refractivity contribution is 6.07. The van der Waals surface area contributed by atoms with Gasteiger partial charge in [-0.05, 0) is 62.6 Å². The molecule has 8 heteroatoms. The van der Waals surface area contributed by atoms with Crippen LogP contribution in [0.3, 0.4) is 0 Å². The molecule has 0 saturated heterocycles. The topological polar surface area (TPSA) is 119 Å². The first-order valence-electron chi connectivity index (χ1n) is 10.2. The minimum atomic E-state index is -2.00. The van der Waals surface area contributed by atoms with Crippen molar-refractivity contribution in [1.82, 2.24) is 4.90 Å². The lowest BCUT2D eigenvalue weighted by Crippen LogP contribution is -2.58. The molecule has 0 saturated carbocycles. The molecule has 172 valence electrons. The molecule has 8 nitrogen and oxygen atoms in total. The number of nitrogens with zero attached hydrogens (tertiary/aromatic N) is 1. The molecule has 2 aromatic rings. The molecule has 1 atom stereocenters. The summed E-state index contributed by atoms with van der Waals surface area (Å²) < 4.78 is 11.2. The Morgan fingerprint density at radius 3 is 1.88 bits per heavy atom. The van der Waals surface area contributed by atoms with Crippen molar-refractivity contribution in [1.29, 1.82) is 0 Å². The molecule has 2 rings (SSSR count). The molecule has 0 bridgehead atoms. The van der Waals surface area contributed by atoms with Gasteiger partial charge < -0.3 is 25.2 Å². The zero-order valence-corrected chi connectivity index (χ0v) is 19.0. The quantitative estimate of drug-likeness (QED) is 0.476. The van der Waals surface area contributed by atoms with E-state index in [4.69, 9.17) is 20.3 Å². The fraction of sp³-hybridized carbons (Fsp3) is 0.375. The van der Waals surface area contributed by atoms with Crippen LogP contribution in [0.1, 0.15) is 38.3 Å². The molecule has 0 aliphatic heterocycles. The zero-order valence-electron chi connectivity index (χ0n) is 19.0. The number of rotatable bonds is 8. The average Bonchev–Trinajstić information content (AvgIpc) is 2.71. The van der Waals surface area contributed by atoms with Gasteiger partial charge >= 0.3 is 11.9 Å². The number of aryl methyl sites for hydroxylation is 1. The summed E-state index contributed by atoms with van der Waals surface area (Å²) in [5.74, 6) is -1.24. The molecule has 0 fully saturated rings. The van der Waals surface area contributed by atoms with E-state index in [2.05, 4.69) is 0 Å². The summed E-state index contributed by atoms with van der Waals surface area (Å²) in [5, 5.41) is 8.77. The van der Waals surface area contributed by atoms with E-state index in [9.17, 15) is 14.4 Å². The molecule has 32 heavy (non-hydrogen) atoms. The second kappa shape index (κ2) is 9.82. The molecule has 0 spiro atoms. The molecule has 2 aromatic carbocycles. The van der Waals surface area contributed by atoms with E-state index in [1.807, 2.05) is 0 Å². The van der Waals surface area contributed by atoms with Crippen molar-refractivity contribution in [2.24, 2.45) is 5.73 Å². The van der Waals surface area contributed by atoms with Crippen molar-refractivity contribution in [2.75, 3.05) is 14.1 Å². The predicted molar refractivity (Wildman–Crippen MR) is 119 cm³/mol. The maximum absolute atomic E-state index is 12.9. The first kappa shape index (κ1) is 24.9. The Morgan fingerprint density at radius 1 is 0.938 bits per heavy atom. The van der Waals surface area contributed by atoms with Crippen molar-refractivity contribution < 1.29 is 29.0 Å². The first-order valence-corrected chi connectivity index (χ1v) is 10.2. The molecule has 3 N–H and O–H groups in total. The molecule has 0 radical (unpaired) electrons. The normalized spacial score (nSPS) is 13.1. The van der Waals surface area contributed by atoms with Crippen LogP contribution in [0.2, 0.25) is 0 Å². The van der Waals surface area contributed by atoms with E-state index in [1.165, 1.54) is 19.0 Å². The van der Waals surface area contributed by atoms with Crippen molar-refractivity contribution in [2.45, 2.75) is 44.8 Å². The van der Waals surface area contributed by atoms with Crippen LogP contribution in [0.15, 0.2) is 48.5 Å². The van der Waals surface area contributed by atoms with Crippen LogP contribution < -0.4 is 10.5 Å². The zero-order chi connectivity index (χ0) is 24.1. The number of carbonyl (C=O) groups is 3. The summed E-state index contributed by atoms with van der Waals surface area (Å²) in [7, 11) is 3.04. The van der Waals surface area contributed by atoms with Crippen molar-refractivity contribution in [3.8, 4) is 11.5 Å². The van der Waals surface area contributed by atoms with Crippen LogP contribution in [-0.4, -0.2) is 47.5 Å². The van der Waals surface area contributed by atoms with Crippen LogP contribution in [0, 0.1) is 0 Å². The summed E-state index contributed by atoms with van der Waals surface area (Å²) in [4.78, 5) is 37.6. The Balaban J connectivity index is 2.23. The number of nitrogens with two attached hydrogens (primary N) is 1. The Morgan fingerprint density at radius 2 is 1.44 bits per heavy atom. The van der Waals surface area contributed by atoms with Gasteiger partial charge in [0, 0.05) is 20.5 Å². The van der Waals surface area contributed by atoms with Gasteiger partial charge in [-0.15, -0.1) is 0 Å². The van der Waals surface area contributed by atoms with Gasteiger partial charge in [0.2, 0.25) is 5.54 Å². The fourth-order valence-corrected chi connectivity index (χ4v) is 2.94. The molecule has 0 aliphatic rings. The van der Waals surface area contributed by atoms with E-state index in [0.717, 1.165) is 5.56 Å². The van der Waals surface area contributed by atoms with Gasteiger partial charge in [0.25, 0.3) is 5.91 Å². The number of likely N-dealkylation sites (N-methyl/N-ethyl adjacent to an activating group) is 1. The lowest BCUT2D eigenvalue weighted by molar-refractivity contribution is -0.167. The number of carboxylic acids is 1. The van der Waals surface area contributed by atoms with E-state index < -0.39 is 29.0 Å². The second-order valence-electron chi connectivity index (χ2n) is 8.67.